The van der Waals surface area contributed by atoms with Crippen LogP contribution in [0.4, 0.5) is 5.69 Å². The largest absolute Gasteiger partial charge is 0.497 e. The lowest BCUT2D eigenvalue weighted by molar-refractivity contribution is -0.140. The summed E-state index contributed by atoms with van der Waals surface area (Å²) < 4.78 is 40.3. The van der Waals surface area contributed by atoms with Crippen molar-refractivity contribution in [2.45, 2.75) is 82.8 Å². The predicted octanol–water partition coefficient (Wildman–Crippen LogP) is 5.85. The van der Waals surface area contributed by atoms with Gasteiger partial charge >= 0.3 is 0 Å². The van der Waals surface area contributed by atoms with Gasteiger partial charge in [0.05, 0.1) is 24.3 Å². The molecule has 1 aliphatic carbocycles. The number of methoxy groups -OCH3 is 1. The second kappa shape index (κ2) is 15.8. The Labute approximate surface area is 267 Å². The van der Waals surface area contributed by atoms with E-state index in [9.17, 15) is 18.0 Å². The Morgan fingerprint density at radius 1 is 0.933 bits per heavy atom. The first-order chi connectivity index (χ1) is 21.7. The van der Waals surface area contributed by atoms with Gasteiger partial charge in [-0.05, 0) is 87.2 Å². The standard InChI is InChI=1S/C35H45N3O6S/c1-5-33(35(40)36-28-12-8-7-9-13-28)37(24-27-11-10-14-31(23-27)43-4)34(39)25-38(29-17-15-26(3)16-18-29)45(41,42)32-21-19-30(20-22-32)44-6-2/h10-11,14-23,28,33H,5-9,12-13,24-25H2,1-4H3,(H,36,40)/t33-/m1/s1. The van der Waals surface area contributed by atoms with Gasteiger partial charge in [-0.1, -0.05) is 56.0 Å². The van der Waals surface area contributed by atoms with Gasteiger partial charge in [-0.15, -0.1) is 0 Å². The van der Waals surface area contributed by atoms with Crippen LogP contribution >= 0.6 is 0 Å². The zero-order chi connectivity index (χ0) is 32.4. The van der Waals surface area contributed by atoms with Crippen molar-refractivity contribution in [3.63, 3.8) is 0 Å². The Kier molecular flexibility index (Phi) is 11.9. The molecule has 0 spiro atoms. The van der Waals surface area contributed by atoms with E-state index in [1.165, 1.54) is 17.0 Å². The highest BCUT2D eigenvalue weighted by molar-refractivity contribution is 7.92. The summed E-state index contributed by atoms with van der Waals surface area (Å²) in [5, 5.41) is 3.18. The summed E-state index contributed by atoms with van der Waals surface area (Å²) in [6.45, 7) is 5.70. The highest BCUT2D eigenvalue weighted by Gasteiger charge is 2.34. The van der Waals surface area contributed by atoms with Gasteiger partial charge < -0.3 is 19.7 Å². The van der Waals surface area contributed by atoms with Crippen LogP contribution in [-0.4, -0.2) is 57.5 Å². The van der Waals surface area contributed by atoms with E-state index in [-0.39, 0.29) is 23.4 Å². The number of hydrogen-bond acceptors (Lipinski definition) is 6. The fourth-order valence-electron chi connectivity index (χ4n) is 5.67. The van der Waals surface area contributed by atoms with Gasteiger partial charge in [0.2, 0.25) is 11.8 Å². The first-order valence-corrected chi connectivity index (χ1v) is 17.1. The molecule has 10 heteroatoms. The number of benzene rings is 3. The molecule has 45 heavy (non-hydrogen) atoms. The number of rotatable bonds is 14. The van der Waals surface area contributed by atoms with E-state index in [0.29, 0.717) is 30.2 Å². The number of hydrogen-bond donors (Lipinski definition) is 1. The fraction of sp³-hybridized carbons (Fsp3) is 0.429. The average Bonchev–Trinajstić information content (AvgIpc) is 3.05. The average molecular weight is 636 g/mol. The number of aryl methyl sites for hydroxylation is 1. The molecule has 0 saturated heterocycles. The van der Waals surface area contributed by atoms with Crippen LogP contribution in [0.5, 0.6) is 11.5 Å². The minimum atomic E-state index is -4.18. The fourth-order valence-corrected chi connectivity index (χ4v) is 7.09. The van der Waals surface area contributed by atoms with Crippen molar-refractivity contribution in [3.05, 3.63) is 83.9 Å². The molecule has 0 radical (unpaired) electrons. The van der Waals surface area contributed by atoms with E-state index in [0.717, 1.165) is 47.5 Å². The number of nitrogens with one attached hydrogen (secondary N) is 1. The first-order valence-electron chi connectivity index (χ1n) is 15.7. The summed E-state index contributed by atoms with van der Waals surface area (Å²) in [6, 6.07) is 19.7. The van der Waals surface area contributed by atoms with Crippen molar-refractivity contribution in [3.8, 4) is 11.5 Å². The lowest BCUT2D eigenvalue weighted by Gasteiger charge is -2.34. The van der Waals surface area contributed by atoms with E-state index >= 15 is 0 Å². The molecule has 2 amide bonds. The van der Waals surface area contributed by atoms with Crippen LogP contribution in [0.1, 0.15) is 63.5 Å². The molecule has 0 heterocycles. The number of ether oxygens (including phenoxy) is 2. The lowest BCUT2D eigenvalue weighted by Crippen LogP contribution is -2.54. The molecule has 1 atom stereocenters. The first kappa shape index (κ1) is 33.8. The minimum Gasteiger partial charge on any atom is -0.497 e. The summed E-state index contributed by atoms with van der Waals surface area (Å²) in [4.78, 5) is 29.6. The molecule has 0 aromatic heterocycles. The lowest BCUT2D eigenvalue weighted by atomic mass is 9.95. The predicted molar refractivity (Wildman–Crippen MR) is 176 cm³/mol. The van der Waals surface area contributed by atoms with Crippen molar-refractivity contribution >= 4 is 27.5 Å². The van der Waals surface area contributed by atoms with Gasteiger partial charge in [-0.2, -0.15) is 0 Å². The maximum atomic E-state index is 14.4. The molecule has 242 valence electrons. The topological polar surface area (TPSA) is 105 Å². The second-order valence-corrected chi connectivity index (χ2v) is 13.3. The Morgan fingerprint density at radius 3 is 2.24 bits per heavy atom. The molecule has 0 unspecified atom stereocenters. The molecular formula is C35H45N3O6S. The second-order valence-electron chi connectivity index (χ2n) is 11.4. The number of nitrogens with zero attached hydrogens (tertiary/aromatic N) is 2. The summed E-state index contributed by atoms with van der Waals surface area (Å²) >= 11 is 0. The zero-order valence-electron chi connectivity index (χ0n) is 26.7. The van der Waals surface area contributed by atoms with E-state index < -0.39 is 28.5 Å². The van der Waals surface area contributed by atoms with Crippen molar-refractivity contribution in [2.75, 3.05) is 24.6 Å². The van der Waals surface area contributed by atoms with Gasteiger partial charge in [-0.3, -0.25) is 13.9 Å². The summed E-state index contributed by atoms with van der Waals surface area (Å²) in [7, 11) is -2.61. The molecule has 0 aliphatic heterocycles. The normalized spacial score (nSPS) is 14.3. The van der Waals surface area contributed by atoms with Crippen LogP contribution in [-0.2, 0) is 26.2 Å². The van der Waals surface area contributed by atoms with Gasteiger partial charge in [-0.25, -0.2) is 8.42 Å². The molecule has 3 aromatic carbocycles. The third kappa shape index (κ3) is 8.78. The number of anilines is 1. The highest BCUT2D eigenvalue weighted by Crippen LogP contribution is 2.27. The van der Waals surface area contributed by atoms with Crippen LogP contribution in [0.2, 0.25) is 0 Å². The highest BCUT2D eigenvalue weighted by atomic mass is 32.2. The van der Waals surface area contributed by atoms with Crippen LogP contribution in [0, 0.1) is 6.92 Å². The van der Waals surface area contributed by atoms with E-state index in [1.807, 2.05) is 45.0 Å². The van der Waals surface area contributed by atoms with Crippen LogP contribution in [0.3, 0.4) is 0 Å². The molecule has 4 rings (SSSR count). The van der Waals surface area contributed by atoms with E-state index in [2.05, 4.69) is 5.32 Å². The molecule has 0 bridgehead atoms. The Bertz CT molecular complexity index is 1520. The monoisotopic (exact) mass is 635 g/mol. The minimum absolute atomic E-state index is 0.0285. The van der Waals surface area contributed by atoms with Gasteiger partial charge in [0.25, 0.3) is 10.0 Å². The number of carbonyl (C=O) groups excluding carboxylic acids is 2. The Balaban J connectivity index is 1.70. The molecular weight excluding hydrogens is 590 g/mol. The Morgan fingerprint density at radius 2 is 1.62 bits per heavy atom. The maximum absolute atomic E-state index is 14.4. The van der Waals surface area contributed by atoms with Crippen molar-refractivity contribution < 1.29 is 27.5 Å². The van der Waals surface area contributed by atoms with E-state index in [1.54, 1.807) is 43.5 Å². The number of sulfonamides is 1. The maximum Gasteiger partial charge on any atom is 0.264 e. The molecule has 1 aliphatic rings. The SMILES string of the molecule is CCOc1ccc(S(=O)(=O)N(CC(=O)N(Cc2cccc(OC)c2)[C@H](CC)C(=O)NC2CCCCC2)c2ccc(C)cc2)cc1. The van der Waals surface area contributed by atoms with Gasteiger partial charge in [0, 0.05) is 12.6 Å². The number of carbonyl (C=O) groups is 2. The van der Waals surface area contributed by atoms with Crippen LogP contribution < -0.4 is 19.1 Å². The van der Waals surface area contributed by atoms with Gasteiger partial charge in [0.15, 0.2) is 0 Å². The van der Waals surface area contributed by atoms with Gasteiger partial charge in [0.1, 0.15) is 24.1 Å². The molecule has 3 aromatic rings. The molecule has 1 N–H and O–H groups in total. The summed E-state index contributed by atoms with van der Waals surface area (Å²) in [6.07, 6.45) is 5.46. The van der Waals surface area contributed by atoms with Crippen molar-refractivity contribution in [1.29, 1.82) is 0 Å². The van der Waals surface area contributed by atoms with E-state index in [4.69, 9.17) is 9.47 Å². The number of amides is 2. The third-order valence-electron chi connectivity index (χ3n) is 8.15. The Hall–Kier alpha value is -4.05. The quantitative estimate of drug-likeness (QED) is 0.238. The van der Waals surface area contributed by atoms with Crippen LogP contribution in [0.15, 0.2) is 77.7 Å². The van der Waals surface area contributed by atoms with Crippen LogP contribution in [0.25, 0.3) is 0 Å². The summed E-state index contributed by atoms with van der Waals surface area (Å²) in [5.41, 5.74) is 2.07. The smallest absolute Gasteiger partial charge is 0.264 e. The van der Waals surface area contributed by atoms with Crippen molar-refractivity contribution in [1.82, 2.24) is 10.2 Å². The molecule has 1 saturated carbocycles. The summed E-state index contributed by atoms with van der Waals surface area (Å²) in [5.74, 6) is 0.461. The molecule has 1 fully saturated rings. The van der Waals surface area contributed by atoms with Crippen molar-refractivity contribution in [2.24, 2.45) is 0 Å². The molecule has 9 nitrogen and oxygen atoms in total. The third-order valence-corrected chi connectivity index (χ3v) is 9.94. The zero-order valence-corrected chi connectivity index (χ0v) is 27.5.